The van der Waals surface area contributed by atoms with Gasteiger partial charge in [-0.2, -0.15) is 0 Å². The lowest BCUT2D eigenvalue weighted by atomic mass is 10.2. The highest BCUT2D eigenvalue weighted by atomic mass is 79.9. The van der Waals surface area contributed by atoms with E-state index < -0.39 is 0 Å². The predicted molar refractivity (Wildman–Crippen MR) is 88.1 cm³/mol. The van der Waals surface area contributed by atoms with E-state index in [-0.39, 0.29) is 0 Å². The molecule has 2 aromatic carbocycles. The number of rotatable bonds is 5. The quantitative estimate of drug-likeness (QED) is 0.679. The minimum absolute atomic E-state index is 0.622. The van der Waals surface area contributed by atoms with Crippen LogP contribution in [0.3, 0.4) is 0 Å². The van der Waals surface area contributed by atoms with Gasteiger partial charge in [0.05, 0.1) is 19.2 Å². The van der Waals surface area contributed by atoms with Gasteiger partial charge in [0.15, 0.2) is 0 Å². The number of ether oxygens (including phenoxy) is 2. The Kier molecular flexibility index (Phi) is 4.15. The number of methoxy groups -OCH3 is 1. The standard InChI is InChI=1S/C17H16BrNO2/c1-20-17-7-3-6-16-15(17)8-9-19(16)10-11-21-14-5-2-4-13(18)12-14/h2-9,12H,10-11H2,1H3. The molecule has 0 aliphatic heterocycles. The molecule has 0 radical (unpaired) electrons. The number of fused-ring (bicyclic) bond motifs is 1. The third kappa shape index (κ3) is 3.05. The molecule has 0 saturated heterocycles. The van der Waals surface area contributed by atoms with Gasteiger partial charge >= 0.3 is 0 Å². The highest BCUT2D eigenvalue weighted by molar-refractivity contribution is 9.10. The third-order valence-corrected chi connectivity index (χ3v) is 3.88. The first kappa shape index (κ1) is 14.0. The van der Waals surface area contributed by atoms with Crippen LogP contribution in [-0.4, -0.2) is 18.3 Å². The largest absolute Gasteiger partial charge is 0.496 e. The van der Waals surface area contributed by atoms with E-state index in [9.17, 15) is 0 Å². The van der Waals surface area contributed by atoms with Gasteiger partial charge in [-0.05, 0) is 36.4 Å². The van der Waals surface area contributed by atoms with Gasteiger partial charge in [0.25, 0.3) is 0 Å². The second kappa shape index (κ2) is 6.22. The lowest BCUT2D eigenvalue weighted by Crippen LogP contribution is -2.07. The summed E-state index contributed by atoms with van der Waals surface area (Å²) in [5.41, 5.74) is 1.16. The lowest BCUT2D eigenvalue weighted by molar-refractivity contribution is 0.300. The minimum Gasteiger partial charge on any atom is -0.496 e. The van der Waals surface area contributed by atoms with Crippen LogP contribution in [0.1, 0.15) is 0 Å². The normalized spacial score (nSPS) is 10.8. The average Bonchev–Trinajstić information content (AvgIpc) is 2.91. The monoisotopic (exact) mass is 345 g/mol. The van der Waals surface area contributed by atoms with Crippen LogP contribution in [0.25, 0.3) is 10.9 Å². The van der Waals surface area contributed by atoms with E-state index in [2.05, 4.69) is 38.8 Å². The van der Waals surface area contributed by atoms with Gasteiger partial charge in [0.1, 0.15) is 18.1 Å². The zero-order chi connectivity index (χ0) is 14.7. The molecule has 0 N–H and O–H groups in total. The molecule has 0 aliphatic carbocycles. The van der Waals surface area contributed by atoms with Crippen molar-refractivity contribution in [1.29, 1.82) is 0 Å². The summed E-state index contributed by atoms with van der Waals surface area (Å²) in [5.74, 6) is 1.78. The fraction of sp³-hybridized carbons (Fsp3) is 0.176. The summed E-state index contributed by atoms with van der Waals surface area (Å²) < 4.78 is 14.4. The van der Waals surface area contributed by atoms with Crippen LogP contribution in [0.2, 0.25) is 0 Å². The number of hydrogen-bond acceptors (Lipinski definition) is 2. The Morgan fingerprint density at radius 1 is 1.10 bits per heavy atom. The summed E-state index contributed by atoms with van der Waals surface area (Å²) in [4.78, 5) is 0. The number of halogens is 1. The third-order valence-electron chi connectivity index (χ3n) is 3.39. The minimum atomic E-state index is 0.622. The summed E-state index contributed by atoms with van der Waals surface area (Å²) in [7, 11) is 1.70. The van der Waals surface area contributed by atoms with Crippen molar-refractivity contribution in [1.82, 2.24) is 4.57 Å². The number of hydrogen-bond donors (Lipinski definition) is 0. The predicted octanol–water partition coefficient (Wildman–Crippen LogP) is 4.49. The molecule has 3 aromatic rings. The maximum absolute atomic E-state index is 5.78. The SMILES string of the molecule is COc1cccc2c1ccn2CCOc1cccc(Br)c1. The molecule has 3 rings (SSSR count). The van der Waals surface area contributed by atoms with E-state index in [0.29, 0.717) is 6.61 Å². The zero-order valence-corrected chi connectivity index (χ0v) is 13.3. The molecule has 21 heavy (non-hydrogen) atoms. The Labute approximate surface area is 132 Å². The first-order valence-electron chi connectivity index (χ1n) is 6.78. The van der Waals surface area contributed by atoms with Crippen LogP contribution in [0.15, 0.2) is 59.2 Å². The van der Waals surface area contributed by atoms with Gasteiger partial charge in [-0.3, -0.25) is 0 Å². The average molecular weight is 346 g/mol. The molecule has 0 atom stereocenters. The second-order valence-electron chi connectivity index (χ2n) is 4.71. The first-order chi connectivity index (χ1) is 10.3. The van der Waals surface area contributed by atoms with Crippen molar-refractivity contribution in [3.05, 3.63) is 59.2 Å². The van der Waals surface area contributed by atoms with Crippen molar-refractivity contribution in [2.45, 2.75) is 6.54 Å². The first-order valence-corrected chi connectivity index (χ1v) is 7.57. The van der Waals surface area contributed by atoms with Crippen molar-refractivity contribution in [2.75, 3.05) is 13.7 Å². The number of nitrogens with zero attached hydrogens (tertiary/aromatic N) is 1. The highest BCUT2D eigenvalue weighted by Gasteiger charge is 2.05. The van der Waals surface area contributed by atoms with Crippen LogP contribution in [0.5, 0.6) is 11.5 Å². The molecule has 3 nitrogen and oxygen atoms in total. The summed E-state index contributed by atoms with van der Waals surface area (Å²) in [5, 5.41) is 1.13. The van der Waals surface area contributed by atoms with E-state index in [0.717, 1.165) is 33.4 Å². The Balaban J connectivity index is 1.71. The lowest BCUT2D eigenvalue weighted by Gasteiger charge is -2.09. The second-order valence-corrected chi connectivity index (χ2v) is 5.62. The molecule has 4 heteroatoms. The fourth-order valence-electron chi connectivity index (χ4n) is 2.39. The van der Waals surface area contributed by atoms with E-state index in [1.165, 1.54) is 0 Å². The maximum Gasteiger partial charge on any atom is 0.128 e. The summed E-state index contributed by atoms with van der Waals surface area (Å²) in [6.45, 7) is 1.42. The van der Waals surface area contributed by atoms with Crippen LogP contribution in [0.4, 0.5) is 0 Å². The topological polar surface area (TPSA) is 23.4 Å². The molecule has 0 unspecified atom stereocenters. The molecule has 0 saturated carbocycles. The van der Waals surface area contributed by atoms with Gasteiger partial charge < -0.3 is 14.0 Å². The van der Waals surface area contributed by atoms with E-state index in [1.807, 2.05) is 36.4 Å². The molecule has 108 valence electrons. The van der Waals surface area contributed by atoms with Gasteiger partial charge in [0, 0.05) is 16.1 Å². The van der Waals surface area contributed by atoms with Crippen molar-refractivity contribution in [2.24, 2.45) is 0 Å². The van der Waals surface area contributed by atoms with Crippen LogP contribution in [0, 0.1) is 0 Å². The zero-order valence-electron chi connectivity index (χ0n) is 11.8. The van der Waals surface area contributed by atoms with Crippen LogP contribution >= 0.6 is 15.9 Å². The van der Waals surface area contributed by atoms with Crippen molar-refractivity contribution in [3.63, 3.8) is 0 Å². The van der Waals surface area contributed by atoms with Gasteiger partial charge in [0.2, 0.25) is 0 Å². The van der Waals surface area contributed by atoms with E-state index in [1.54, 1.807) is 7.11 Å². The molecule has 0 spiro atoms. The van der Waals surface area contributed by atoms with E-state index >= 15 is 0 Å². The van der Waals surface area contributed by atoms with Gasteiger partial charge in [-0.15, -0.1) is 0 Å². The Bertz CT molecular complexity index is 751. The summed E-state index contributed by atoms with van der Waals surface area (Å²) >= 11 is 3.44. The van der Waals surface area contributed by atoms with Gasteiger partial charge in [-0.25, -0.2) is 0 Å². The van der Waals surface area contributed by atoms with Crippen molar-refractivity contribution >= 4 is 26.8 Å². The van der Waals surface area contributed by atoms with Crippen LogP contribution in [-0.2, 0) is 6.54 Å². The fourth-order valence-corrected chi connectivity index (χ4v) is 2.77. The molecule has 1 aromatic heterocycles. The van der Waals surface area contributed by atoms with Gasteiger partial charge in [-0.1, -0.05) is 28.1 Å². The summed E-state index contributed by atoms with van der Waals surface area (Å²) in [6, 6.07) is 16.0. The number of aromatic nitrogens is 1. The Hall–Kier alpha value is -1.94. The van der Waals surface area contributed by atoms with Crippen molar-refractivity contribution in [3.8, 4) is 11.5 Å². The molecule has 0 aliphatic rings. The molecule has 0 fully saturated rings. The number of benzene rings is 2. The smallest absolute Gasteiger partial charge is 0.128 e. The molecule has 1 heterocycles. The molecule has 0 bridgehead atoms. The Morgan fingerprint density at radius 2 is 1.95 bits per heavy atom. The molecular weight excluding hydrogens is 330 g/mol. The van der Waals surface area contributed by atoms with E-state index in [4.69, 9.17) is 9.47 Å². The van der Waals surface area contributed by atoms with Crippen molar-refractivity contribution < 1.29 is 9.47 Å². The highest BCUT2D eigenvalue weighted by Crippen LogP contribution is 2.26. The maximum atomic E-state index is 5.78. The summed E-state index contributed by atoms with van der Waals surface area (Å²) in [6.07, 6.45) is 2.07. The van der Waals surface area contributed by atoms with Crippen LogP contribution < -0.4 is 9.47 Å². The molecule has 0 amide bonds. The Morgan fingerprint density at radius 3 is 2.76 bits per heavy atom. The molecular formula is C17H16BrNO2.